The molecule has 31 heavy (non-hydrogen) atoms. The second-order valence-electron chi connectivity index (χ2n) is 7.87. The Labute approximate surface area is 224 Å². The van der Waals surface area contributed by atoms with Crippen molar-refractivity contribution in [1.82, 2.24) is 0 Å². The minimum absolute atomic E-state index is 0. The normalized spacial score (nSPS) is 9.97. The molecule has 0 aliphatic rings. The van der Waals surface area contributed by atoms with Gasteiger partial charge in [-0.25, -0.2) is 12.1 Å². The zero-order valence-electron chi connectivity index (χ0n) is 19.8. The van der Waals surface area contributed by atoms with Gasteiger partial charge in [-0.05, 0) is 25.2 Å². The number of benzene rings is 1. The zero-order chi connectivity index (χ0) is 20.2. The summed E-state index contributed by atoms with van der Waals surface area (Å²) in [6.07, 6.45) is 12.1. The van der Waals surface area contributed by atoms with Crippen LogP contribution < -0.4 is 30.1 Å². The number of hydrogen-bond donors (Lipinski definition) is 0. The Morgan fingerprint density at radius 2 is 1.45 bits per heavy atom. The van der Waals surface area contributed by atoms with Crippen molar-refractivity contribution in [2.45, 2.75) is 72.6 Å². The quantitative estimate of drug-likeness (QED) is 0.181. The average Bonchev–Trinajstić information content (AvgIpc) is 3.32. The summed E-state index contributed by atoms with van der Waals surface area (Å²) < 4.78 is 0. The summed E-state index contributed by atoms with van der Waals surface area (Å²) in [5.74, 6) is 0. The number of aryl methyl sites for hydroxylation is 2. The van der Waals surface area contributed by atoms with Crippen molar-refractivity contribution in [2.75, 3.05) is 12.3 Å². The molecule has 0 aliphatic heterocycles. The minimum atomic E-state index is 0. The molecule has 0 radical (unpaired) electrons. The molecule has 170 valence electrons. The van der Waals surface area contributed by atoms with Gasteiger partial charge < -0.3 is 24.8 Å². The third kappa shape index (κ3) is 11.7. The van der Waals surface area contributed by atoms with Crippen LogP contribution in [0.1, 0.15) is 70.4 Å². The van der Waals surface area contributed by atoms with Crippen LogP contribution in [0.4, 0.5) is 0 Å². The van der Waals surface area contributed by atoms with E-state index in [4.69, 9.17) is 0 Å². The van der Waals surface area contributed by atoms with Crippen molar-refractivity contribution < 1.29 is 50.7 Å². The fraction of sp³-hybridized carbons (Fsp3) is 0.481. The van der Waals surface area contributed by atoms with E-state index in [1.165, 1.54) is 79.2 Å². The number of unbranched alkanes of at least 4 members (excludes halogenated alkanes) is 3. The van der Waals surface area contributed by atoms with Crippen LogP contribution in [0.3, 0.4) is 0 Å². The summed E-state index contributed by atoms with van der Waals surface area (Å²) in [4.78, 5) is 0. The van der Waals surface area contributed by atoms with Crippen LogP contribution in [-0.4, -0.2) is 12.3 Å². The van der Waals surface area contributed by atoms with E-state index in [9.17, 15) is 0 Å². The minimum Gasteiger partial charge on any atom is -1.00 e. The van der Waals surface area contributed by atoms with Crippen molar-refractivity contribution in [1.29, 1.82) is 0 Å². The summed E-state index contributed by atoms with van der Waals surface area (Å²) in [5, 5.41) is 4.48. The topological polar surface area (TPSA) is 0 Å². The Morgan fingerprint density at radius 1 is 0.839 bits per heavy atom. The summed E-state index contributed by atoms with van der Waals surface area (Å²) in [5.41, 5.74) is 2.98. The van der Waals surface area contributed by atoms with Crippen molar-refractivity contribution in [3.05, 3.63) is 65.7 Å². The average molecular weight is 644 g/mol. The Bertz CT molecular complexity index is 752. The maximum Gasteiger partial charge on any atom is 4.00 e. The van der Waals surface area contributed by atoms with Crippen LogP contribution in [-0.2, 0) is 32.3 Å². The van der Waals surface area contributed by atoms with E-state index in [1.807, 2.05) is 0 Å². The van der Waals surface area contributed by atoms with Gasteiger partial charge in [0.15, 0.2) is 0 Å². The van der Waals surface area contributed by atoms with E-state index in [1.54, 1.807) is 5.30 Å². The van der Waals surface area contributed by atoms with Gasteiger partial charge in [-0.1, -0.05) is 73.8 Å². The molecule has 3 rings (SSSR count). The molecule has 0 amide bonds. The van der Waals surface area contributed by atoms with Crippen LogP contribution in [0.15, 0.2) is 54.6 Å². The van der Waals surface area contributed by atoms with Crippen LogP contribution in [0, 0.1) is 6.92 Å². The van der Waals surface area contributed by atoms with Crippen LogP contribution in [0.25, 0.3) is 10.8 Å². The number of halogens is 2. The Hall–Kier alpha value is 0.0601. The first-order valence-electron chi connectivity index (χ1n) is 11.3. The monoisotopic (exact) mass is 644 g/mol. The fourth-order valence-electron chi connectivity index (χ4n) is 3.58. The number of hydrogen-bond acceptors (Lipinski definition) is 0. The standard InChI is InChI=1S/C17H24P.C10H15.2ClH.Hf/c1-3-5-11-18(12-6-4-2)17-13-15-9-7-8-10-16(15)14-17;1-3-4-7-10-8-5-6-9(10)2;;;/h7-10,13-14H,3-6,11-12H2,1-2H3;5-6,8H,3-4,7H2,1-2H3;2*1H;/q2*-1;;;+4/p-2. The first-order chi connectivity index (χ1) is 13.7. The van der Waals surface area contributed by atoms with Crippen LogP contribution >= 0.6 is 7.92 Å². The molecule has 0 aliphatic carbocycles. The van der Waals surface area contributed by atoms with Crippen molar-refractivity contribution >= 4 is 24.0 Å². The summed E-state index contributed by atoms with van der Waals surface area (Å²) in [7, 11) is 0.0856. The van der Waals surface area contributed by atoms with Gasteiger partial charge in [0, 0.05) is 0 Å². The van der Waals surface area contributed by atoms with Gasteiger partial charge >= 0.3 is 25.8 Å². The van der Waals surface area contributed by atoms with Crippen molar-refractivity contribution in [3.63, 3.8) is 0 Å². The summed E-state index contributed by atoms with van der Waals surface area (Å²) in [6, 6.07) is 20.2. The number of rotatable bonds is 10. The van der Waals surface area contributed by atoms with E-state index in [0.717, 1.165) is 0 Å². The second kappa shape index (κ2) is 19.5. The third-order valence-corrected chi connectivity index (χ3v) is 8.18. The van der Waals surface area contributed by atoms with Gasteiger partial charge in [0.2, 0.25) is 0 Å². The first-order valence-corrected chi connectivity index (χ1v) is 13.0. The van der Waals surface area contributed by atoms with Crippen molar-refractivity contribution in [2.24, 2.45) is 0 Å². The molecule has 0 saturated heterocycles. The molecule has 0 nitrogen and oxygen atoms in total. The van der Waals surface area contributed by atoms with E-state index >= 15 is 0 Å². The molecule has 4 heteroatoms. The zero-order valence-corrected chi connectivity index (χ0v) is 25.8. The number of fused-ring (bicyclic) bond motifs is 1. The molecule has 0 unspecified atom stereocenters. The second-order valence-corrected chi connectivity index (χ2v) is 10.4. The van der Waals surface area contributed by atoms with Gasteiger partial charge in [-0.2, -0.15) is 23.3 Å². The van der Waals surface area contributed by atoms with Gasteiger partial charge in [-0.3, -0.25) is 0 Å². The Balaban J connectivity index is 0. The molecule has 0 bridgehead atoms. The van der Waals surface area contributed by atoms with E-state index in [2.05, 4.69) is 82.3 Å². The predicted octanol–water partition coefficient (Wildman–Crippen LogP) is 2.33. The molecular weight excluding hydrogens is 605 g/mol. The molecular formula is C27H39Cl2HfP. The van der Waals surface area contributed by atoms with E-state index < -0.39 is 0 Å². The molecule has 0 aromatic heterocycles. The van der Waals surface area contributed by atoms with Crippen LogP contribution in [0.5, 0.6) is 0 Å². The van der Waals surface area contributed by atoms with Gasteiger partial charge in [-0.15, -0.1) is 40.3 Å². The van der Waals surface area contributed by atoms with Gasteiger partial charge in [0.05, 0.1) is 0 Å². The summed E-state index contributed by atoms with van der Waals surface area (Å²) >= 11 is 0. The van der Waals surface area contributed by atoms with Gasteiger partial charge in [0.25, 0.3) is 0 Å². The molecule has 0 saturated carbocycles. The van der Waals surface area contributed by atoms with E-state index in [0.29, 0.717) is 0 Å². The summed E-state index contributed by atoms with van der Waals surface area (Å²) in [6.45, 7) is 9.02. The predicted molar refractivity (Wildman–Crippen MR) is 131 cm³/mol. The maximum atomic E-state index is 2.44. The Morgan fingerprint density at radius 3 is 1.97 bits per heavy atom. The molecule has 0 spiro atoms. The Kier molecular flexibility index (Phi) is 20.9. The molecule has 0 N–H and O–H groups in total. The maximum absolute atomic E-state index is 2.44. The third-order valence-electron chi connectivity index (χ3n) is 5.48. The molecule has 3 aromatic carbocycles. The smallest absolute Gasteiger partial charge is 1.00 e. The fourth-order valence-corrected chi connectivity index (χ4v) is 6.36. The molecule has 0 atom stereocenters. The van der Waals surface area contributed by atoms with Crippen molar-refractivity contribution in [3.8, 4) is 0 Å². The molecule has 0 fully saturated rings. The molecule has 0 heterocycles. The largest absolute Gasteiger partial charge is 4.00 e. The van der Waals surface area contributed by atoms with E-state index in [-0.39, 0.29) is 58.6 Å². The van der Waals surface area contributed by atoms with Crippen LogP contribution in [0.2, 0.25) is 0 Å². The first kappa shape index (κ1) is 33.2. The molecule has 3 aromatic rings. The SMILES string of the molecule is CCCCP(CCCC)c1cc2ccccc2[cH-]1.CCCC[c-]1cccc1C.[Cl-].[Cl-].[Hf+4]. The van der Waals surface area contributed by atoms with Gasteiger partial charge in [0.1, 0.15) is 0 Å².